The molecule has 0 spiro atoms. The Hall–Kier alpha value is -3.59. The third-order valence-corrected chi connectivity index (χ3v) is 5.81. The fraction of sp³-hybridized carbons (Fsp3) is 0.261. The first-order valence-corrected chi connectivity index (χ1v) is 10.7. The van der Waals surface area contributed by atoms with Crippen molar-refractivity contribution < 1.29 is 24.2 Å². The number of hydrogen-bond donors (Lipinski definition) is 2. The number of aliphatic carboxylic acids is 1. The molecule has 2 aromatic carbocycles. The van der Waals surface area contributed by atoms with E-state index in [1.807, 2.05) is 47.7 Å². The molecule has 9 heteroatoms. The number of carboxylic acids is 1. The van der Waals surface area contributed by atoms with Gasteiger partial charge in [-0.15, -0.1) is 11.3 Å². The quantitative estimate of drug-likeness (QED) is 0.508. The van der Waals surface area contributed by atoms with Gasteiger partial charge in [-0.3, -0.25) is 9.59 Å². The lowest BCUT2D eigenvalue weighted by Gasteiger charge is -2.16. The zero-order valence-corrected chi connectivity index (χ0v) is 19.1. The second-order valence-corrected chi connectivity index (χ2v) is 8.00. The van der Waals surface area contributed by atoms with Crippen LogP contribution in [-0.4, -0.2) is 49.3 Å². The second kappa shape index (κ2) is 10.1. The zero-order chi connectivity index (χ0) is 23.3. The van der Waals surface area contributed by atoms with E-state index >= 15 is 0 Å². The first-order valence-electron chi connectivity index (χ1n) is 9.84. The van der Waals surface area contributed by atoms with Crippen molar-refractivity contribution in [1.82, 2.24) is 10.3 Å². The molecule has 0 aliphatic carbocycles. The summed E-state index contributed by atoms with van der Waals surface area (Å²) >= 11 is 1.52. The van der Waals surface area contributed by atoms with Crippen molar-refractivity contribution >= 4 is 28.3 Å². The summed E-state index contributed by atoms with van der Waals surface area (Å²) in [5.41, 5.74) is 3.05. The number of anilines is 1. The minimum Gasteiger partial charge on any atom is -0.497 e. The minimum atomic E-state index is -1.08. The molecule has 0 radical (unpaired) electrons. The van der Waals surface area contributed by atoms with Gasteiger partial charge in [0, 0.05) is 30.1 Å². The van der Waals surface area contributed by atoms with Gasteiger partial charge < -0.3 is 24.8 Å². The van der Waals surface area contributed by atoms with Gasteiger partial charge in [0.05, 0.1) is 19.9 Å². The number of amides is 1. The van der Waals surface area contributed by atoms with Crippen molar-refractivity contribution in [3.63, 3.8) is 0 Å². The molecule has 0 saturated carbocycles. The van der Waals surface area contributed by atoms with Gasteiger partial charge in [-0.05, 0) is 42.8 Å². The van der Waals surface area contributed by atoms with Gasteiger partial charge in [0.2, 0.25) is 0 Å². The third-order valence-electron chi connectivity index (χ3n) is 4.86. The van der Waals surface area contributed by atoms with Crippen LogP contribution < -0.4 is 19.7 Å². The summed E-state index contributed by atoms with van der Waals surface area (Å²) in [6, 6.07) is 11.7. The Bertz CT molecular complexity index is 1100. The Morgan fingerprint density at radius 2 is 1.88 bits per heavy atom. The summed E-state index contributed by atoms with van der Waals surface area (Å²) in [5, 5.41) is 14.2. The van der Waals surface area contributed by atoms with Gasteiger partial charge in [0.15, 0.2) is 5.13 Å². The largest absolute Gasteiger partial charge is 0.497 e. The van der Waals surface area contributed by atoms with Crippen LogP contribution in [0.25, 0.3) is 11.3 Å². The molecule has 1 amide bonds. The molecule has 0 aliphatic rings. The standard InChI is InChI=1S/C23H25N3O5S/c1-14(22(28)29)24-21(27)16-7-5-15(6-8-16)12-26(2)23-25-19(13-32-23)18-11-17(30-3)9-10-20(18)31-4/h5-11,13-14H,12H2,1-4H3,(H,24,27)(H,28,29). The maximum Gasteiger partial charge on any atom is 0.325 e. The number of ether oxygens (including phenoxy) is 2. The van der Waals surface area contributed by atoms with E-state index in [0.29, 0.717) is 12.1 Å². The number of carbonyl (C=O) groups excluding carboxylic acids is 1. The lowest BCUT2D eigenvalue weighted by molar-refractivity contribution is -0.138. The number of hydrogen-bond acceptors (Lipinski definition) is 7. The van der Waals surface area contributed by atoms with Crippen molar-refractivity contribution in [3.05, 3.63) is 59.0 Å². The number of rotatable bonds is 9. The topological polar surface area (TPSA) is 101 Å². The highest BCUT2D eigenvalue weighted by atomic mass is 32.1. The average molecular weight is 456 g/mol. The first kappa shape index (κ1) is 23.1. The molecule has 3 aromatic rings. The molecular formula is C23H25N3O5S. The monoisotopic (exact) mass is 455 g/mol. The summed E-state index contributed by atoms with van der Waals surface area (Å²) in [7, 11) is 5.19. The van der Waals surface area contributed by atoms with E-state index in [2.05, 4.69) is 5.32 Å². The van der Waals surface area contributed by atoms with Gasteiger partial charge in [-0.2, -0.15) is 0 Å². The van der Waals surface area contributed by atoms with Crippen LogP contribution in [0.5, 0.6) is 11.5 Å². The number of carbonyl (C=O) groups is 2. The summed E-state index contributed by atoms with van der Waals surface area (Å²) in [4.78, 5) is 29.8. The first-order chi connectivity index (χ1) is 15.3. The summed E-state index contributed by atoms with van der Waals surface area (Å²) < 4.78 is 10.8. The molecule has 2 N–H and O–H groups in total. The number of carboxylic acid groups (broad SMARTS) is 1. The van der Waals surface area contributed by atoms with E-state index in [4.69, 9.17) is 19.6 Å². The molecular weight excluding hydrogens is 430 g/mol. The normalized spacial score (nSPS) is 11.5. The van der Waals surface area contributed by atoms with Crippen molar-refractivity contribution in [2.45, 2.75) is 19.5 Å². The van der Waals surface area contributed by atoms with E-state index in [0.717, 1.165) is 33.5 Å². The molecule has 0 bridgehead atoms. The van der Waals surface area contributed by atoms with Crippen LogP contribution >= 0.6 is 11.3 Å². The van der Waals surface area contributed by atoms with Crippen LogP contribution in [0.4, 0.5) is 5.13 Å². The van der Waals surface area contributed by atoms with E-state index < -0.39 is 17.9 Å². The molecule has 32 heavy (non-hydrogen) atoms. The van der Waals surface area contributed by atoms with Crippen LogP contribution in [0.3, 0.4) is 0 Å². The smallest absolute Gasteiger partial charge is 0.325 e. The molecule has 0 fully saturated rings. The number of benzene rings is 2. The minimum absolute atomic E-state index is 0.408. The number of nitrogens with one attached hydrogen (secondary N) is 1. The van der Waals surface area contributed by atoms with Crippen LogP contribution in [0.1, 0.15) is 22.8 Å². The van der Waals surface area contributed by atoms with Crippen molar-refractivity contribution in [1.29, 1.82) is 0 Å². The SMILES string of the molecule is COc1ccc(OC)c(-c2csc(N(C)Cc3ccc(C(=O)NC(C)C(=O)O)cc3)n2)c1. The second-order valence-electron chi connectivity index (χ2n) is 7.17. The van der Waals surface area contributed by atoms with E-state index in [1.54, 1.807) is 26.4 Å². The van der Waals surface area contributed by atoms with Gasteiger partial charge in [-0.25, -0.2) is 4.98 Å². The van der Waals surface area contributed by atoms with Crippen LogP contribution in [0.15, 0.2) is 47.8 Å². The highest BCUT2D eigenvalue weighted by Crippen LogP contribution is 2.35. The lowest BCUT2D eigenvalue weighted by atomic mass is 10.1. The Labute approximate surface area is 190 Å². The molecule has 3 rings (SSSR count). The van der Waals surface area contributed by atoms with Crippen LogP contribution in [0.2, 0.25) is 0 Å². The predicted molar refractivity (Wildman–Crippen MR) is 124 cm³/mol. The maximum absolute atomic E-state index is 12.1. The van der Waals surface area contributed by atoms with Gasteiger partial charge >= 0.3 is 5.97 Å². The molecule has 0 saturated heterocycles. The molecule has 1 heterocycles. The predicted octanol–water partition coefficient (Wildman–Crippen LogP) is 3.67. The fourth-order valence-corrected chi connectivity index (χ4v) is 3.81. The van der Waals surface area contributed by atoms with E-state index in [9.17, 15) is 9.59 Å². The fourth-order valence-electron chi connectivity index (χ4n) is 3.02. The molecule has 1 aromatic heterocycles. The molecule has 1 atom stereocenters. The van der Waals surface area contributed by atoms with E-state index in [-0.39, 0.29) is 0 Å². The number of thiazole rings is 1. The average Bonchev–Trinajstić information content (AvgIpc) is 3.29. The maximum atomic E-state index is 12.1. The number of nitrogens with zero attached hydrogens (tertiary/aromatic N) is 2. The highest BCUT2D eigenvalue weighted by Gasteiger charge is 2.16. The lowest BCUT2D eigenvalue weighted by Crippen LogP contribution is -2.38. The van der Waals surface area contributed by atoms with Gasteiger partial charge in [0.25, 0.3) is 5.91 Å². The van der Waals surface area contributed by atoms with Gasteiger partial charge in [0.1, 0.15) is 17.5 Å². The summed E-state index contributed by atoms with van der Waals surface area (Å²) in [6.45, 7) is 2.02. The Morgan fingerprint density at radius 1 is 1.16 bits per heavy atom. The number of methoxy groups -OCH3 is 2. The highest BCUT2D eigenvalue weighted by molar-refractivity contribution is 7.14. The van der Waals surface area contributed by atoms with E-state index in [1.165, 1.54) is 18.3 Å². The Balaban J connectivity index is 1.70. The number of aromatic nitrogens is 1. The molecule has 168 valence electrons. The van der Waals surface area contributed by atoms with Crippen molar-refractivity contribution in [2.75, 3.05) is 26.2 Å². The molecule has 8 nitrogen and oxygen atoms in total. The van der Waals surface area contributed by atoms with Crippen molar-refractivity contribution in [2.24, 2.45) is 0 Å². The Morgan fingerprint density at radius 3 is 2.50 bits per heavy atom. The Kier molecular flexibility index (Phi) is 7.32. The summed E-state index contributed by atoms with van der Waals surface area (Å²) in [5.74, 6) is -0.0513. The van der Waals surface area contributed by atoms with Crippen molar-refractivity contribution in [3.8, 4) is 22.8 Å². The van der Waals surface area contributed by atoms with Crippen LogP contribution in [-0.2, 0) is 11.3 Å². The van der Waals surface area contributed by atoms with Crippen LogP contribution in [0, 0.1) is 0 Å². The molecule has 1 unspecified atom stereocenters. The third kappa shape index (κ3) is 5.36. The summed E-state index contributed by atoms with van der Waals surface area (Å²) in [6.07, 6.45) is 0. The van der Waals surface area contributed by atoms with Gasteiger partial charge in [-0.1, -0.05) is 12.1 Å². The zero-order valence-electron chi connectivity index (χ0n) is 18.3. The molecule has 0 aliphatic heterocycles.